The van der Waals surface area contributed by atoms with Gasteiger partial charge in [0.15, 0.2) is 5.96 Å². The van der Waals surface area contributed by atoms with Gasteiger partial charge < -0.3 is 10.6 Å². The quantitative estimate of drug-likeness (QED) is 0.430. The highest BCUT2D eigenvalue weighted by Crippen LogP contribution is 2.21. The second kappa shape index (κ2) is 9.78. The van der Waals surface area contributed by atoms with Gasteiger partial charge in [0.1, 0.15) is 5.01 Å². The van der Waals surface area contributed by atoms with E-state index < -0.39 is 0 Å². The first-order valence-corrected chi connectivity index (χ1v) is 8.08. The molecule has 1 aromatic carbocycles. The van der Waals surface area contributed by atoms with Crippen LogP contribution in [0.25, 0.3) is 11.3 Å². The van der Waals surface area contributed by atoms with Gasteiger partial charge in [0.25, 0.3) is 0 Å². The Morgan fingerprint density at radius 1 is 1.32 bits per heavy atom. The number of guanidine groups is 1. The Hall–Kier alpha value is -1.15. The molecule has 0 saturated carbocycles. The summed E-state index contributed by atoms with van der Waals surface area (Å²) in [5, 5.41) is 9.79. The summed E-state index contributed by atoms with van der Waals surface area (Å²) in [7, 11) is 1.79. The molecular weight excluding hydrogens is 407 g/mol. The highest BCUT2D eigenvalue weighted by Gasteiger charge is 2.06. The third kappa shape index (κ3) is 5.57. The van der Waals surface area contributed by atoms with Gasteiger partial charge in [-0.1, -0.05) is 37.3 Å². The van der Waals surface area contributed by atoms with Gasteiger partial charge in [0.05, 0.1) is 12.2 Å². The number of rotatable bonds is 5. The Labute approximate surface area is 153 Å². The van der Waals surface area contributed by atoms with E-state index in [4.69, 9.17) is 0 Å². The summed E-state index contributed by atoms with van der Waals surface area (Å²) >= 11 is 1.67. The monoisotopic (exact) mass is 430 g/mol. The third-order valence-electron chi connectivity index (χ3n) is 3.25. The Bertz CT molecular complexity index is 583. The van der Waals surface area contributed by atoms with E-state index in [1.807, 2.05) is 18.2 Å². The predicted octanol–water partition coefficient (Wildman–Crippen LogP) is 3.89. The topological polar surface area (TPSA) is 49.3 Å². The number of nitrogens with zero attached hydrogens (tertiary/aromatic N) is 2. The Morgan fingerprint density at radius 3 is 2.68 bits per heavy atom. The highest BCUT2D eigenvalue weighted by atomic mass is 127. The maximum Gasteiger partial charge on any atom is 0.191 e. The summed E-state index contributed by atoms with van der Waals surface area (Å²) in [5.41, 5.74) is 2.18. The van der Waals surface area contributed by atoms with E-state index >= 15 is 0 Å². The summed E-state index contributed by atoms with van der Waals surface area (Å²) in [4.78, 5) is 8.89. The number of halogens is 1. The smallest absolute Gasteiger partial charge is 0.191 e. The zero-order valence-corrected chi connectivity index (χ0v) is 16.3. The van der Waals surface area contributed by atoms with Crippen LogP contribution in [-0.2, 0) is 6.54 Å². The van der Waals surface area contributed by atoms with Crippen LogP contribution in [0.3, 0.4) is 0 Å². The summed E-state index contributed by atoms with van der Waals surface area (Å²) in [6, 6.07) is 10.6. The van der Waals surface area contributed by atoms with E-state index in [0.29, 0.717) is 12.6 Å². The molecule has 0 fully saturated rings. The fourth-order valence-corrected chi connectivity index (χ4v) is 2.57. The molecule has 6 heteroatoms. The number of hydrogen-bond donors (Lipinski definition) is 2. The first-order chi connectivity index (χ1) is 10.2. The van der Waals surface area contributed by atoms with Crippen molar-refractivity contribution in [3.63, 3.8) is 0 Å². The van der Waals surface area contributed by atoms with E-state index in [1.54, 1.807) is 18.4 Å². The molecule has 0 saturated heterocycles. The number of aliphatic imine (C=N–C) groups is 1. The van der Waals surface area contributed by atoms with Crippen molar-refractivity contribution in [2.75, 3.05) is 7.05 Å². The molecule has 0 bridgehead atoms. The van der Waals surface area contributed by atoms with Gasteiger partial charge >= 0.3 is 0 Å². The molecule has 2 N–H and O–H groups in total. The lowest BCUT2D eigenvalue weighted by Gasteiger charge is -2.15. The molecule has 0 aliphatic carbocycles. The third-order valence-corrected chi connectivity index (χ3v) is 4.10. The van der Waals surface area contributed by atoms with E-state index in [9.17, 15) is 0 Å². The van der Waals surface area contributed by atoms with Gasteiger partial charge in [0, 0.05) is 24.0 Å². The van der Waals surface area contributed by atoms with Gasteiger partial charge in [0.2, 0.25) is 0 Å². The van der Waals surface area contributed by atoms with Crippen molar-refractivity contribution in [1.82, 2.24) is 15.6 Å². The van der Waals surface area contributed by atoms with Crippen LogP contribution in [0.5, 0.6) is 0 Å². The van der Waals surface area contributed by atoms with Gasteiger partial charge in [-0.15, -0.1) is 35.3 Å². The lowest BCUT2D eigenvalue weighted by molar-refractivity contribution is 0.624. The molecule has 0 radical (unpaired) electrons. The van der Waals surface area contributed by atoms with E-state index in [0.717, 1.165) is 28.6 Å². The molecule has 1 heterocycles. The molecule has 0 spiro atoms. The number of benzene rings is 1. The maximum atomic E-state index is 4.66. The Balaban J connectivity index is 0.00000242. The van der Waals surface area contributed by atoms with Crippen LogP contribution in [0.1, 0.15) is 25.3 Å². The second-order valence-corrected chi connectivity index (χ2v) is 5.81. The van der Waals surface area contributed by atoms with E-state index in [-0.39, 0.29) is 24.0 Å². The fourth-order valence-electron chi connectivity index (χ4n) is 1.82. The van der Waals surface area contributed by atoms with Crippen molar-refractivity contribution in [2.45, 2.75) is 32.9 Å². The van der Waals surface area contributed by atoms with Crippen molar-refractivity contribution in [2.24, 2.45) is 4.99 Å². The Kier molecular flexibility index (Phi) is 8.40. The van der Waals surface area contributed by atoms with Gasteiger partial charge in [-0.05, 0) is 13.3 Å². The van der Waals surface area contributed by atoms with Gasteiger partial charge in [-0.3, -0.25) is 4.99 Å². The normalized spacial score (nSPS) is 12.4. The molecule has 22 heavy (non-hydrogen) atoms. The SMILES string of the molecule is CCC(C)NC(=NC)NCc1nc(-c2ccccc2)cs1.I. The van der Waals surface area contributed by atoms with Crippen molar-refractivity contribution in [1.29, 1.82) is 0 Å². The maximum absolute atomic E-state index is 4.66. The molecular formula is C16H23IN4S. The zero-order chi connectivity index (χ0) is 15.1. The Morgan fingerprint density at radius 2 is 2.05 bits per heavy atom. The predicted molar refractivity (Wildman–Crippen MR) is 106 cm³/mol. The minimum Gasteiger partial charge on any atom is -0.354 e. The van der Waals surface area contributed by atoms with Crippen molar-refractivity contribution in [3.05, 3.63) is 40.7 Å². The summed E-state index contributed by atoms with van der Waals surface area (Å²) in [5.74, 6) is 0.820. The highest BCUT2D eigenvalue weighted by molar-refractivity contribution is 14.0. The van der Waals surface area contributed by atoms with Gasteiger partial charge in [-0.25, -0.2) is 4.98 Å². The fraction of sp³-hybridized carbons (Fsp3) is 0.375. The largest absolute Gasteiger partial charge is 0.354 e. The molecule has 2 rings (SSSR count). The lowest BCUT2D eigenvalue weighted by Crippen LogP contribution is -2.41. The molecule has 0 aliphatic heterocycles. The van der Waals surface area contributed by atoms with Crippen molar-refractivity contribution >= 4 is 41.3 Å². The van der Waals surface area contributed by atoms with Crippen molar-refractivity contribution in [3.8, 4) is 11.3 Å². The van der Waals surface area contributed by atoms with Crippen LogP contribution in [0.4, 0.5) is 0 Å². The minimum atomic E-state index is 0. The average molecular weight is 430 g/mol. The number of aromatic nitrogens is 1. The molecule has 1 unspecified atom stereocenters. The van der Waals surface area contributed by atoms with Crippen LogP contribution < -0.4 is 10.6 Å². The van der Waals surface area contributed by atoms with Gasteiger partial charge in [-0.2, -0.15) is 0 Å². The standard InChI is InChI=1S/C16H22N4S.HI/c1-4-12(2)19-16(17-3)18-10-15-20-14(11-21-15)13-8-6-5-7-9-13;/h5-9,11-12H,4,10H2,1-3H3,(H2,17,18,19);1H. The first kappa shape index (κ1) is 18.9. The number of thiazole rings is 1. The molecule has 0 aliphatic rings. The molecule has 1 aromatic heterocycles. The van der Waals surface area contributed by atoms with E-state index in [2.05, 4.69) is 52.0 Å². The summed E-state index contributed by atoms with van der Waals surface area (Å²) in [6.45, 7) is 4.98. The van der Waals surface area contributed by atoms with Crippen molar-refractivity contribution < 1.29 is 0 Å². The van der Waals surface area contributed by atoms with Crippen LogP contribution in [0.15, 0.2) is 40.7 Å². The second-order valence-electron chi connectivity index (χ2n) is 4.87. The first-order valence-electron chi connectivity index (χ1n) is 7.20. The lowest BCUT2D eigenvalue weighted by atomic mass is 10.2. The van der Waals surface area contributed by atoms with Crippen LogP contribution >= 0.6 is 35.3 Å². The molecule has 0 amide bonds. The van der Waals surface area contributed by atoms with E-state index in [1.165, 1.54) is 0 Å². The number of hydrogen-bond acceptors (Lipinski definition) is 3. The van der Waals surface area contributed by atoms with Crippen LogP contribution in [0, 0.1) is 0 Å². The molecule has 120 valence electrons. The molecule has 1 atom stereocenters. The average Bonchev–Trinajstić information content (AvgIpc) is 3.01. The van der Waals surface area contributed by atoms with Crippen LogP contribution in [-0.4, -0.2) is 24.0 Å². The molecule has 2 aromatic rings. The minimum absolute atomic E-state index is 0. The van der Waals surface area contributed by atoms with Crippen LogP contribution in [0.2, 0.25) is 0 Å². The zero-order valence-electron chi connectivity index (χ0n) is 13.2. The summed E-state index contributed by atoms with van der Waals surface area (Å²) in [6.07, 6.45) is 1.07. The number of nitrogens with one attached hydrogen (secondary N) is 2. The summed E-state index contributed by atoms with van der Waals surface area (Å²) < 4.78 is 0. The molecule has 4 nitrogen and oxygen atoms in total.